The summed E-state index contributed by atoms with van der Waals surface area (Å²) in [6.45, 7) is 2.17. The highest BCUT2D eigenvalue weighted by atomic mass is 35.5. The van der Waals surface area contributed by atoms with Crippen LogP contribution in [0, 0.1) is 29.4 Å². The van der Waals surface area contributed by atoms with Crippen LogP contribution in [0.5, 0.6) is 0 Å². The lowest BCUT2D eigenvalue weighted by Gasteiger charge is -2.03. The summed E-state index contributed by atoms with van der Waals surface area (Å²) >= 11 is 7.19. The van der Waals surface area contributed by atoms with Crippen LogP contribution in [0.25, 0.3) is 10.2 Å². The summed E-state index contributed by atoms with van der Waals surface area (Å²) < 4.78 is 2.68. The van der Waals surface area contributed by atoms with Gasteiger partial charge in [0.2, 0.25) is 0 Å². The van der Waals surface area contributed by atoms with Gasteiger partial charge >= 0.3 is 0 Å². The Labute approximate surface area is 157 Å². The molecule has 0 saturated carbocycles. The monoisotopic (exact) mass is 385 g/mol. The number of halogens is 1. The number of thiazole rings is 1. The minimum Gasteiger partial charge on any atom is -0.304 e. The van der Waals surface area contributed by atoms with E-state index in [1.807, 2.05) is 25.1 Å². The summed E-state index contributed by atoms with van der Waals surface area (Å²) in [5, 5.41) is 11.4. The fourth-order valence-corrected chi connectivity index (χ4v) is 3.89. The number of carbonyl (C=O) groups excluding carboxylic acids is 1. The molecule has 8 heteroatoms. The second-order valence-electron chi connectivity index (χ2n) is 5.43. The third-order valence-electron chi connectivity index (χ3n) is 3.74. The Kier molecular flexibility index (Phi) is 4.89. The second kappa shape index (κ2) is 7.12. The average molecular weight is 386 g/mol. The number of aryl methyl sites for hydroxylation is 1. The topological polar surface area (TPSA) is 77.5 Å². The Bertz CT molecular complexity index is 1150. The van der Waals surface area contributed by atoms with E-state index in [0.29, 0.717) is 4.80 Å². The smallest absolute Gasteiger partial charge is 0.286 e. The molecule has 0 saturated heterocycles. The van der Waals surface area contributed by atoms with Gasteiger partial charge in [0.25, 0.3) is 11.6 Å². The number of nitro benzene ring substituents is 1. The van der Waals surface area contributed by atoms with Crippen molar-refractivity contribution in [1.82, 2.24) is 4.57 Å². The number of fused-ring (bicyclic) bond motifs is 1. The first-order chi connectivity index (χ1) is 12.4. The molecule has 0 N–H and O–H groups in total. The number of nitro groups is 1. The normalized spacial score (nSPS) is 11.5. The molecule has 0 aliphatic rings. The highest BCUT2D eigenvalue weighted by Gasteiger charge is 2.20. The van der Waals surface area contributed by atoms with Crippen molar-refractivity contribution < 1.29 is 9.72 Å². The van der Waals surface area contributed by atoms with Gasteiger partial charge < -0.3 is 4.57 Å². The van der Waals surface area contributed by atoms with E-state index in [4.69, 9.17) is 18.0 Å². The standard InChI is InChI=1S/C18H12ClN3O3S/c1-3-9-21-16-11(2)5-4-6-15(16)26-18(21)20-17(23)13-10-12(19)7-8-14(13)22(24)25/h1,4-8,10H,9H2,2H3. The summed E-state index contributed by atoms with van der Waals surface area (Å²) in [4.78, 5) is 27.6. The van der Waals surface area contributed by atoms with Gasteiger partial charge in [-0.25, -0.2) is 0 Å². The Morgan fingerprint density at radius 2 is 2.19 bits per heavy atom. The molecule has 130 valence electrons. The number of benzene rings is 2. The van der Waals surface area contributed by atoms with Crippen LogP contribution in [0.4, 0.5) is 5.69 Å². The van der Waals surface area contributed by atoms with E-state index in [9.17, 15) is 14.9 Å². The van der Waals surface area contributed by atoms with E-state index in [2.05, 4.69) is 10.9 Å². The molecule has 2 aromatic carbocycles. The fourth-order valence-electron chi connectivity index (χ4n) is 2.62. The van der Waals surface area contributed by atoms with Crippen LogP contribution in [0.2, 0.25) is 5.02 Å². The molecule has 3 rings (SSSR count). The Hall–Kier alpha value is -2.95. The van der Waals surface area contributed by atoms with Crippen molar-refractivity contribution in [1.29, 1.82) is 0 Å². The SMILES string of the molecule is C#CCn1c(=NC(=O)c2cc(Cl)ccc2[N+](=O)[O-])sc2cccc(C)c21. The zero-order chi connectivity index (χ0) is 18.8. The van der Waals surface area contributed by atoms with Crippen LogP contribution in [-0.4, -0.2) is 15.4 Å². The summed E-state index contributed by atoms with van der Waals surface area (Å²) in [5.41, 5.74) is 1.38. The Morgan fingerprint density at radius 3 is 2.88 bits per heavy atom. The lowest BCUT2D eigenvalue weighted by Crippen LogP contribution is -2.17. The number of hydrogen-bond donors (Lipinski definition) is 0. The Morgan fingerprint density at radius 1 is 1.42 bits per heavy atom. The van der Waals surface area contributed by atoms with Crippen molar-refractivity contribution in [2.24, 2.45) is 4.99 Å². The van der Waals surface area contributed by atoms with Gasteiger partial charge in [-0.1, -0.05) is 41.0 Å². The van der Waals surface area contributed by atoms with Crippen molar-refractivity contribution in [3.8, 4) is 12.3 Å². The summed E-state index contributed by atoms with van der Waals surface area (Å²) in [7, 11) is 0. The first-order valence-corrected chi connectivity index (χ1v) is 8.67. The number of nitrogens with zero attached hydrogens (tertiary/aromatic N) is 3. The minimum atomic E-state index is -0.741. The van der Waals surface area contributed by atoms with E-state index in [-0.39, 0.29) is 22.8 Å². The molecule has 26 heavy (non-hydrogen) atoms. The fraction of sp³-hybridized carbons (Fsp3) is 0.111. The molecule has 0 atom stereocenters. The van der Waals surface area contributed by atoms with Gasteiger partial charge in [-0.05, 0) is 30.7 Å². The maximum atomic E-state index is 12.6. The van der Waals surface area contributed by atoms with Crippen LogP contribution in [0.15, 0.2) is 41.4 Å². The molecule has 1 aromatic heterocycles. The van der Waals surface area contributed by atoms with E-state index in [0.717, 1.165) is 15.8 Å². The lowest BCUT2D eigenvalue weighted by atomic mass is 10.2. The van der Waals surface area contributed by atoms with Gasteiger partial charge in [0.1, 0.15) is 5.56 Å². The molecular weight excluding hydrogens is 374 g/mol. The number of para-hydroxylation sites is 1. The molecule has 6 nitrogen and oxygen atoms in total. The number of hydrogen-bond acceptors (Lipinski definition) is 4. The zero-order valence-electron chi connectivity index (χ0n) is 13.6. The molecule has 0 aliphatic carbocycles. The largest absolute Gasteiger partial charge is 0.304 e. The van der Waals surface area contributed by atoms with Crippen LogP contribution >= 0.6 is 22.9 Å². The first-order valence-electron chi connectivity index (χ1n) is 7.48. The van der Waals surface area contributed by atoms with Gasteiger partial charge in [0.15, 0.2) is 4.80 Å². The maximum absolute atomic E-state index is 12.6. The van der Waals surface area contributed by atoms with Gasteiger partial charge in [0.05, 0.1) is 21.7 Å². The molecule has 0 bridgehead atoms. The van der Waals surface area contributed by atoms with Crippen LogP contribution in [0.3, 0.4) is 0 Å². The number of aromatic nitrogens is 1. The van der Waals surface area contributed by atoms with E-state index in [1.165, 1.54) is 29.5 Å². The van der Waals surface area contributed by atoms with E-state index >= 15 is 0 Å². The molecule has 0 fully saturated rings. The third-order valence-corrected chi connectivity index (χ3v) is 5.01. The quantitative estimate of drug-likeness (QED) is 0.389. The van der Waals surface area contributed by atoms with Gasteiger partial charge in [-0.15, -0.1) is 6.42 Å². The average Bonchev–Trinajstić information content (AvgIpc) is 2.93. The molecule has 3 aromatic rings. The molecule has 0 aliphatic heterocycles. The lowest BCUT2D eigenvalue weighted by molar-refractivity contribution is -0.385. The molecule has 1 amide bonds. The van der Waals surface area contributed by atoms with Gasteiger partial charge in [-0.2, -0.15) is 4.99 Å². The molecule has 0 spiro atoms. The molecule has 0 radical (unpaired) electrons. The molecule has 1 heterocycles. The summed E-state index contributed by atoms with van der Waals surface area (Å²) in [5.74, 6) is 1.81. The first kappa shape index (κ1) is 17.9. The number of terminal acetylenes is 1. The molecular formula is C18H12ClN3O3S. The van der Waals surface area contributed by atoms with Gasteiger partial charge in [-0.3, -0.25) is 14.9 Å². The summed E-state index contributed by atoms with van der Waals surface area (Å²) in [6, 6.07) is 9.55. The Balaban J connectivity index is 2.23. The summed E-state index contributed by atoms with van der Waals surface area (Å²) in [6.07, 6.45) is 5.46. The van der Waals surface area contributed by atoms with Crippen molar-refractivity contribution >= 4 is 44.7 Å². The van der Waals surface area contributed by atoms with Crippen molar-refractivity contribution in [3.05, 3.63) is 67.5 Å². The number of amides is 1. The third kappa shape index (κ3) is 3.25. The highest BCUT2D eigenvalue weighted by Crippen LogP contribution is 2.24. The van der Waals surface area contributed by atoms with E-state index in [1.54, 1.807) is 4.57 Å². The van der Waals surface area contributed by atoms with Crippen LogP contribution in [0.1, 0.15) is 15.9 Å². The second-order valence-corrected chi connectivity index (χ2v) is 6.88. The number of rotatable bonds is 3. The number of carbonyl (C=O) groups is 1. The molecule has 0 unspecified atom stereocenters. The maximum Gasteiger partial charge on any atom is 0.286 e. The van der Waals surface area contributed by atoms with Crippen molar-refractivity contribution in [2.45, 2.75) is 13.5 Å². The van der Waals surface area contributed by atoms with Crippen molar-refractivity contribution in [3.63, 3.8) is 0 Å². The highest BCUT2D eigenvalue weighted by molar-refractivity contribution is 7.16. The predicted molar refractivity (Wildman–Crippen MR) is 101 cm³/mol. The van der Waals surface area contributed by atoms with Crippen LogP contribution < -0.4 is 4.80 Å². The van der Waals surface area contributed by atoms with Gasteiger partial charge in [0, 0.05) is 11.1 Å². The van der Waals surface area contributed by atoms with E-state index < -0.39 is 10.8 Å². The predicted octanol–water partition coefficient (Wildman–Crippen LogP) is 3.95. The minimum absolute atomic E-state index is 0.163. The zero-order valence-corrected chi connectivity index (χ0v) is 15.2. The van der Waals surface area contributed by atoms with Crippen LogP contribution in [-0.2, 0) is 6.54 Å². The van der Waals surface area contributed by atoms with Crippen molar-refractivity contribution in [2.75, 3.05) is 0 Å².